The lowest BCUT2D eigenvalue weighted by Gasteiger charge is -2.17. The van der Waals surface area contributed by atoms with Crippen LogP contribution in [-0.4, -0.2) is 28.2 Å². The van der Waals surface area contributed by atoms with E-state index in [0.717, 1.165) is 11.1 Å². The summed E-state index contributed by atoms with van der Waals surface area (Å²) in [4.78, 5) is 11.8. The third-order valence-corrected chi connectivity index (χ3v) is 5.58. The number of anilines is 2. The largest absolute Gasteiger partial charge is 0.495 e. The summed E-state index contributed by atoms with van der Waals surface area (Å²) < 4.78 is 38.8. The Hall–Kier alpha value is -2.74. The Morgan fingerprint density at radius 2 is 1.68 bits per heavy atom. The van der Waals surface area contributed by atoms with Gasteiger partial charge < -0.3 is 9.47 Å². The Kier molecular flexibility index (Phi) is 7.28. The zero-order chi connectivity index (χ0) is 20.7. The maximum absolute atomic E-state index is 13.0. The number of hydrogen-bond donors (Lipinski definition) is 2. The van der Waals surface area contributed by atoms with E-state index in [-0.39, 0.29) is 17.2 Å². The number of sulfonamides is 1. The molecule has 152 valence electrons. The Balaban J connectivity index is 2.43. The van der Waals surface area contributed by atoms with Gasteiger partial charge in [0.05, 0.1) is 30.0 Å². The summed E-state index contributed by atoms with van der Waals surface area (Å²) >= 11 is 0. The minimum absolute atomic E-state index is 0.00746. The first-order chi connectivity index (χ1) is 13.4. The number of rotatable bonds is 8. The van der Waals surface area contributed by atoms with E-state index in [4.69, 9.17) is 9.47 Å². The van der Waals surface area contributed by atoms with Gasteiger partial charge in [-0.25, -0.2) is 13.2 Å². The normalized spacial score (nSPS) is 11.0. The molecule has 2 aromatic carbocycles. The van der Waals surface area contributed by atoms with Gasteiger partial charge in [-0.1, -0.05) is 32.0 Å². The maximum Gasteiger partial charge on any atom is 0.411 e. The van der Waals surface area contributed by atoms with E-state index in [1.165, 1.54) is 25.3 Å². The van der Waals surface area contributed by atoms with Crippen molar-refractivity contribution in [1.82, 2.24) is 0 Å². The van der Waals surface area contributed by atoms with Crippen molar-refractivity contribution in [2.75, 3.05) is 23.8 Å². The van der Waals surface area contributed by atoms with E-state index in [0.29, 0.717) is 24.3 Å². The molecule has 0 bridgehead atoms. The van der Waals surface area contributed by atoms with E-state index in [9.17, 15) is 13.2 Å². The Morgan fingerprint density at radius 3 is 2.21 bits per heavy atom. The number of para-hydroxylation sites is 1. The van der Waals surface area contributed by atoms with Gasteiger partial charge in [-0.05, 0) is 49.1 Å². The molecule has 8 heteroatoms. The number of benzene rings is 2. The van der Waals surface area contributed by atoms with Gasteiger partial charge in [0.25, 0.3) is 10.0 Å². The summed E-state index contributed by atoms with van der Waals surface area (Å²) in [5.74, 6) is 0.329. The number of aryl methyl sites for hydroxylation is 2. The van der Waals surface area contributed by atoms with E-state index in [2.05, 4.69) is 10.0 Å². The molecule has 2 rings (SSSR count). The molecule has 0 aliphatic carbocycles. The Bertz CT molecular complexity index is 919. The highest BCUT2D eigenvalue weighted by Gasteiger charge is 2.20. The van der Waals surface area contributed by atoms with Crippen LogP contribution in [-0.2, 0) is 27.6 Å². The fourth-order valence-corrected chi connectivity index (χ4v) is 3.96. The van der Waals surface area contributed by atoms with Crippen LogP contribution in [0.15, 0.2) is 41.3 Å². The number of hydrogen-bond acceptors (Lipinski definition) is 5. The molecule has 0 spiro atoms. The number of carbonyl (C=O) groups excluding carboxylic acids is 1. The molecule has 2 N–H and O–H groups in total. The second-order valence-electron chi connectivity index (χ2n) is 5.97. The van der Waals surface area contributed by atoms with Gasteiger partial charge in [0.2, 0.25) is 0 Å². The molecule has 2 aromatic rings. The molecule has 0 heterocycles. The molecule has 0 saturated heterocycles. The lowest BCUT2D eigenvalue weighted by Crippen LogP contribution is -2.17. The minimum Gasteiger partial charge on any atom is -0.495 e. The number of carbonyl (C=O) groups is 1. The van der Waals surface area contributed by atoms with Crippen LogP contribution in [0.25, 0.3) is 0 Å². The number of ether oxygens (including phenoxy) is 2. The molecule has 0 unspecified atom stereocenters. The highest BCUT2D eigenvalue weighted by Crippen LogP contribution is 2.30. The van der Waals surface area contributed by atoms with Crippen LogP contribution >= 0.6 is 0 Å². The average molecular weight is 407 g/mol. The van der Waals surface area contributed by atoms with Crippen molar-refractivity contribution in [3.8, 4) is 5.75 Å². The fourth-order valence-electron chi connectivity index (χ4n) is 2.80. The van der Waals surface area contributed by atoms with Gasteiger partial charge in [0.1, 0.15) is 5.75 Å². The first-order valence-electron chi connectivity index (χ1n) is 9.11. The first-order valence-corrected chi connectivity index (χ1v) is 10.6. The van der Waals surface area contributed by atoms with Crippen molar-refractivity contribution >= 4 is 27.5 Å². The van der Waals surface area contributed by atoms with Crippen molar-refractivity contribution in [2.24, 2.45) is 0 Å². The zero-order valence-electron chi connectivity index (χ0n) is 16.5. The van der Waals surface area contributed by atoms with Crippen molar-refractivity contribution in [3.05, 3.63) is 47.5 Å². The first kappa shape index (κ1) is 21.6. The predicted molar refractivity (Wildman–Crippen MR) is 110 cm³/mol. The monoisotopic (exact) mass is 406 g/mol. The molecule has 0 fully saturated rings. The smallest absolute Gasteiger partial charge is 0.411 e. The van der Waals surface area contributed by atoms with E-state index >= 15 is 0 Å². The van der Waals surface area contributed by atoms with Gasteiger partial charge in [-0.3, -0.25) is 10.0 Å². The Morgan fingerprint density at radius 1 is 1.04 bits per heavy atom. The van der Waals surface area contributed by atoms with Crippen molar-refractivity contribution < 1.29 is 22.7 Å². The van der Waals surface area contributed by atoms with Crippen LogP contribution in [0, 0.1) is 0 Å². The van der Waals surface area contributed by atoms with Crippen LogP contribution in [0.5, 0.6) is 5.75 Å². The van der Waals surface area contributed by atoms with Crippen LogP contribution in [0.1, 0.15) is 31.9 Å². The summed E-state index contributed by atoms with van der Waals surface area (Å²) in [6.07, 6.45) is 0.710. The van der Waals surface area contributed by atoms with E-state index in [1.807, 2.05) is 32.0 Å². The number of nitrogens with one attached hydrogen (secondary N) is 2. The summed E-state index contributed by atoms with van der Waals surface area (Å²) in [5.41, 5.74) is 2.65. The summed E-state index contributed by atoms with van der Waals surface area (Å²) in [5, 5.41) is 2.51. The standard InChI is InChI=1S/C20H26N2O5S/c1-5-14-9-8-10-15(6-2)19(14)22-28(24,25)16-11-12-18(26-4)17(13-16)21-20(23)27-7-3/h8-13,22H,5-7H2,1-4H3,(H,21,23). The van der Waals surface area contributed by atoms with Crippen molar-refractivity contribution in [1.29, 1.82) is 0 Å². The summed E-state index contributed by atoms with van der Waals surface area (Å²) in [6.45, 7) is 5.82. The van der Waals surface area contributed by atoms with Crippen LogP contribution in [0.4, 0.5) is 16.2 Å². The van der Waals surface area contributed by atoms with Gasteiger partial charge in [0.15, 0.2) is 0 Å². The van der Waals surface area contributed by atoms with E-state index < -0.39 is 16.1 Å². The zero-order valence-corrected chi connectivity index (χ0v) is 17.4. The second kappa shape index (κ2) is 9.45. The summed E-state index contributed by atoms with van der Waals surface area (Å²) in [6, 6.07) is 9.99. The Labute approximate surface area is 166 Å². The van der Waals surface area contributed by atoms with Crippen LogP contribution in [0.3, 0.4) is 0 Å². The average Bonchev–Trinajstić information content (AvgIpc) is 2.68. The molecule has 0 atom stereocenters. The minimum atomic E-state index is -3.87. The second-order valence-corrected chi connectivity index (χ2v) is 7.65. The third-order valence-electron chi connectivity index (χ3n) is 4.23. The molecule has 28 heavy (non-hydrogen) atoms. The summed E-state index contributed by atoms with van der Waals surface area (Å²) in [7, 11) is -2.44. The van der Waals surface area contributed by atoms with Gasteiger partial charge >= 0.3 is 6.09 Å². The molecule has 7 nitrogen and oxygen atoms in total. The molecule has 0 saturated carbocycles. The highest BCUT2D eigenvalue weighted by atomic mass is 32.2. The van der Waals surface area contributed by atoms with Gasteiger partial charge in [0, 0.05) is 0 Å². The van der Waals surface area contributed by atoms with Crippen molar-refractivity contribution in [2.45, 2.75) is 38.5 Å². The van der Waals surface area contributed by atoms with Crippen molar-refractivity contribution in [3.63, 3.8) is 0 Å². The quantitative estimate of drug-likeness (QED) is 0.686. The fraction of sp³-hybridized carbons (Fsp3) is 0.350. The molecule has 0 aromatic heterocycles. The van der Waals surface area contributed by atoms with Crippen LogP contribution < -0.4 is 14.8 Å². The maximum atomic E-state index is 13.0. The number of amides is 1. The molecule has 0 aliphatic heterocycles. The molecule has 0 radical (unpaired) electrons. The molecular formula is C20H26N2O5S. The lowest BCUT2D eigenvalue weighted by atomic mass is 10.0. The molecular weight excluding hydrogens is 380 g/mol. The molecule has 0 aliphatic rings. The lowest BCUT2D eigenvalue weighted by molar-refractivity contribution is 0.168. The topological polar surface area (TPSA) is 93.7 Å². The van der Waals surface area contributed by atoms with Gasteiger partial charge in [-0.15, -0.1) is 0 Å². The highest BCUT2D eigenvalue weighted by molar-refractivity contribution is 7.92. The SMILES string of the molecule is CCOC(=O)Nc1cc(S(=O)(=O)Nc2c(CC)cccc2CC)ccc1OC. The number of methoxy groups -OCH3 is 1. The van der Waals surface area contributed by atoms with Crippen LogP contribution in [0.2, 0.25) is 0 Å². The van der Waals surface area contributed by atoms with Gasteiger partial charge in [-0.2, -0.15) is 0 Å². The van der Waals surface area contributed by atoms with E-state index in [1.54, 1.807) is 6.92 Å². The molecule has 1 amide bonds. The predicted octanol–water partition coefficient (Wildman–Crippen LogP) is 4.19. The third kappa shape index (κ3) is 4.95.